The summed E-state index contributed by atoms with van der Waals surface area (Å²) in [6.07, 6.45) is -0.410. The Labute approximate surface area is 188 Å². The van der Waals surface area contributed by atoms with Crippen molar-refractivity contribution in [3.63, 3.8) is 0 Å². The number of rotatable bonds is 4. The molecule has 4 atom stereocenters. The molecule has 0 aliphatic heterocycles. The van der Waals surface area contributed by atoms with Crippen molar-refractivity contribution in [2.45, 2.75) is 77.6 Å². The molecular formula is C24H34O8. The summed E-state index contributed by atoms with van der Waals surface area (Å²) in [5.74, 6) is -5.79. The number of aliphatic hydroxyl groups is 1. The van der Waals surface area contributed by atoms with Crippen molar-refractivity contribution in [2.75, 3.05) is 7.11 Å². The van der Waals surface area contributed by atoms with E-state index in [-0.39, 0.29) is 11.5 Å². The topological polar surface area (TPSA) is 119 Å². The number of methoxy groups -OCH3 is 1. The van der Waals surface area contributed by atoms with Crippen LogP contribution in [-0.4, -0.2) is 51.8 Å². The first kappa shape index (κ1) is 25.6. The van der Waals surface area contributed by atoms with Crippen LogP contribution in [0.1, 0.15) is 66.4 Å². The molecule has 8 heteroatoms. The highest BCUT2D eigenvalue weighted by molar-refractivity contribution is 6.03. The molecule has 1 fully saturated rings. The summed E-state index contributed by atoms with van der Waals surface area (Å²) in [6, 6.07) is 4.29. The van der Waals surface area contributed by atoms with E-state index in [9.17, 15) is 24.6 Å². The maximum Gasteiger partial charge on any atom is 0.317 e. The van der Waals surface area contributed by atoms with Crippen molar-refractivity contribution in [2.24, 2.45) is 11.8 Å². The number of phenols is 1. The van der Waals surface area contributed by atoms with Gasteiger partial charge in [0.2, 0.25) is 0 Å². The molecule has 1 aliphatic rings. The van der Waals surface area contributed by atoms with Crippen LogP contribution in [0, 0.1) is 11.8 Å². The molecule has 1 saturated carbocycles. The Kier molecular flexibility index (Phi) is 7.00. The lowest BCUT2D eigenvalue weighted by molar-refractivity contribution is -0.182. The third-order valence-electron chi connectivity index (χ3n) is 5.18. The van der Waals surface area contributed by atoms with Crippen LogP contribution in [0.15, 0.2) is 18.2 Å². The summed E-state index contributed by atoms with van der Waals surface area (Å²) in [7, 11) is 1.36. The maximum atomic E-state index is 13.3. The van der Waals surface area contributed by atoms with Crippen molar-refractivity contribution < 1.29 is 38.8 Å². The molecule has 0 bridgehead atoms. The number of hydrogen-bond acceptors (Lipinski definition) is 8. The number of carbonyl (C=O) groups is 3. The van der Waals surface area contributed by atoms with Gasteiger partial charge in [-0.15, -0.1) is 0 Å². The van der Waals surface area contributed by atoms with Gasteiger partial charge in [-0.25, -0.2) is 0 Å². The van der Waals surface area contributed by atoms with Crippen LogP contribution < -0.4 is 4.74 Å². The molecule has 0 unspecified atom stereocenters. The molecule has 0 amide bonds. The average molecular weight is 451 g/mol. The molecule has 2 N–H and O–H groups in total. The van der Waals surface area contributed by atoms with E-state index >= 15 is 0 Å². The number of phenolic OH excluding ortho intramolecular Hbond substituents is 1. The van der Waals surface area contributed by atoms with Crippen molar-refractivity contribution >= 4 is 17.7 Å². The normalized spacial score (nSPS) is 26.4. The Balaban J connectivity index is 2.70. The highest BCUT2D eigenvalue weighted by atomic mass is 16.6. The van der Waals surface area contributed by atoms with E-state index in [1.165, 1.54) is 32.2 Å². The lowest BCUT2D eigenvalue weighted by Crippen LogP contribution is -2.56. The van der Waals surface area contributed by atoms with Gasteiger partial charge >= 0.3 is 11.9 Å². The summed E-state index contributed by atoms with van der Waals surface area (Å²) in [6.45, 7) is 11.5. The van der Waals surface area contributed by atoms with Crippen molar-refractivity contribution in [3.8, 4) is 11.5 Å². The summed E-state index contributed by atoms with van der Waals surface area (Å²) < 4.78 is 16.2. The molecule has 32 heavy (non-hydrogen) atoms. The minimum absolute atomic E-state index is 0.103. The number of ether oxygens (including phenoxy) is 3. The van der Waals surface area contributed by atoms with Crippen LogP contribution in [0.25, 0.3) is 0 Å². The lowest BCUT2D eigenvalue weighted by atomic mass is 9.61. The first-order valence-corrected chi connectivity index (χ1v) is 10.5. The predicted octanol–water partition coefficient (Wildman–Crippen LogP) is 3.12. The Bertz CT molecular complexity index is 888. The summed E-state index contributed by atoms with van der Waals surface area (Å²) >= 11 is 0. The summed E-state index contributed by atoms with van der Waals surface area (Å²) in [4.78, 5) is 39.5. The summed E-state index contributed by atoms with van der Waals surface area (Å²) in [5.41, 5.74) is -3.13. The van der Waals surface area contributed by atoms with E-state index in [0.717, 1.165) is 0 Å². The van der Waals surface area contributed by atoms with Gasteiger partial charge < -0.3 is 24.4 Å². The molecule has 0 saturated heterocycles. The second-order valence-electron chi connectivity index (χ2n) is 10.5. The standard InChI is InChI=1S/C24H34O8/c1-22(2,3)31-20(27)18-15(26)12-24(7,29)19(21(28)32-23(4,5)6)17(18)13-9-10-14(25)16(11-13)30-8/h9-11,17-19,25,29H,12H2,1-8H3/t17-,18+,19+,24+/m0/s1. The molecule has 0 radical (unpaired) electrons. The van der Waals surface area contributed by atoms with E-state index in [0.29, 0.717) is 5.56 Å². The Morgan fingerprint density at radius 3 is 2.06 bits per heavy atom. The Morgan fingerprint density at radius 1 is 1.03 bits per heavy atom. The predicted molar refractivity (Wildman–Crippen MR) is 116 cm³/mol. The van der Waals surface area contributed by atoms with E-state index in [2.05, 4.69) is 0 Å². The quantitative estimate of drug-likeness (QED) is 0.530. The fourth-order valence-corrected chi connectivity index (χ4v) is 4.05. The van der Waals surface area contributed by atoms with Gasteiger partial charge in [0.15, 0.2) is 17.3 Å². The number of Topliss-reactive ketones (excluding diaryl/α,β-unsaturated/α-hetero) is 1. The molecule has 1 aromatic carbocycles. The van der Waals surface area contributed by atoms with Gasteiger partial charge in [-0.05, 0) is 66.2 Å². The molecule has 0 spiro atoms. The first-order chi connectivity index (χ1) is 14.5. The third-order valence-corrected chi connectivity index (χ3v) is 5.18. The van der Waals surface area contributed by atoms with Crippen LogP contribution in [0.2, 0.25) is 0 Å². The number of benzene rings is 1. The molecule has 1 aliphatic carbocycles. The molecule has 178 valence electrons. The highest BCUT2D eigenvalue weighted by Gasteiger charge is 2.58. The number of hydrogen-bond donors (Lipinski definition) is 2. The maximum absolute atomic E-state index is 13.3. The van der Waals surface area contributed by atoms with E-state index in [1.807, 2.05) is 0 Å². The third kappa shape index (κ3) is 5.79. The van der Waals surface area contributed by atoms with Crippen LogP contribution >= 0.6 is 0 Å². The van der Waals surface area contributed by atoms with Crippen molar-refractivity contribution in [1.82, 2.24) is 0 Å². The molecule has 0 aromatic heterocycles. The molecular weight excluding hydrogens is 416 g/mol. The molecule has 8 nitrogen and oxygen atoms in total. The Morgan fingerprint density at radius 2 is 1.56 bits per heavy atom. The monoisotopic (exact) mass is 450 g/mol. The average Bonchev–Trinajstić information content (AvgIpc) is 2.57. The largest absolute Gasteiger partial charge is 0.504 e. The fraction of sp³-hybridized carbons (Fsp3) is 0.625. The van der Waals surface area contributed by atoms with Crippen LogP contribution in [0.3, 0.4) is 0 Å². The van der Waals surface area contributed by atoms with E-state index in [1.54, 1.807) is 41.5 Å². The smallest absolute Gasteiger partial charge is 0.317 e. The zero-order valence-corrected chi connectivity index (χ0v) is 20.0. The van der Waals surface area contributed by atoms with Gasteiger partial charge in [0.1, 0.15) is 17.1 Å². The fourth-order valence-electron chi connectivity index (χ4n) is 4.05. The van der Waals surface area contributed by atoms with Crippen molar-refractivity contribution in [3.05, 3.63) is 23.8 Å². The highest BCUT2D eigenvalue weighted by Crippen LogP contribution is 2.48. The SMILES string of the molecule is COc1cc([C@H]2[C@H](C(=O)OC(C)(C)C)C(=O)C[C@@](C)(O)[C@H]2C(=O)OC(C)(C)C)ccc1O. The van der Waals surface area contributed by atoms with E-state index < -0.39 is 58.7 Å². The Hall–Kier alpha value is -2.61. The van der Waals surface area contributed by atoms with Crippen LogP contribution in [0.4, 0.5) is 0 Å². The van der Waals surface area contributed by atoms with Gasteiger partial charge in [0.25, 0.3) is 0 Å². The second-order valence-corrected chi connectivity index (χ2v) is 10.5. The van der Waals surface area contributed by atoms with Gasteiger partial charge in [-0.2, -0.15) is 0 Å². The zero-order chi connectivity index (χ0) is 24.6. The molecule has 1 aromatic rings. The number of esters is 2. The minimum Gasteiger partial charge on any atom is -0.504 e. The van der Waals surface area contributed by atoms with Gasteiger partial charge in [0, 0.05) is 12.3 Å². The first-order valence-electron chi connectivity index (χ1n) is 10.5. The van der Waals surface area contributed by atoms with E-state index in [4.69, 9.17) is 14.2 Å². The molecule has 2 rings (SSSR count). The van der Waals surface area contributed by atoms with Gasteiger partial charge in [0.05, 0.1) is 18.6 Å². The number of aromatic hydroxyl groups is 1. The van der Waals surface area contributed by atoms with Gasteiger partial charge in [-0.1, -0.05) is 6.07 Å². The van der Waals surface area contributed by atoms with Crippen LogP contribution in [0.5, 0.6) is 11.5 Å². The van der Waals surface area contributed by atoms with Gasteiger partial charge in [-0.3, -0.25) is 14.4 Å². The molecule has 0 heterocycles. The zero-order valence-electron chi connectivity index (χ0n) is 20.0. The number of carbonyl (C=O) groups excluding carboxylic acids is 3. The van der Waals surface area contributed by atoms with Crippen molar-refractivity contribution in [1.29, 1.82) is 0 Å². The van der Waals surface area contributed by atoms with Crippen LogP contribution in [-0.2, 0) is 23.9 Å². The summed E-state index contributed by atoms with van der Waals surface area (Å²) in [5, 5.41) is 21.2. The lowest BCUT2D eigenvalue weighted by Gasteiger charge is -2.44. The minimum atomic E-state index is -1.77. The second kappa shape index (κ2) is 8.73. The number of ketones is 1.